The maximum atomic E-state index is 12.5. The van der Waals surface area contributed by atoms with Crippen molar-refractivity contribution in [3.8, 4) is 0 Å². The number of nitrogens with zero attached hydrogens (tertiary/aromatic N) is 3. The van der Waals surface area contributed by atoms with Crippen LogP contribution in [0.5, 0.6) is 0 Å². The second kappa shape index (κ2) is 7.38. The number of hydrogen-bond donors (Lipinski definition) is 2. The molecule has 1 unspecified atom stereocenters. The minimum Gasteiger partial charge on any atom is -0.334 e. The number of carbonyl (C=O) groups is 1. The summed E-state index contributed by atoms with van der Waals surface area (Å²) < 4.78 is 0. The van der Waals surface area contributed by atoms with Crippen LogP contribution in [0.15, 0.2) is 0 Å². The van der Waals surface area contributed by atoms with E-state index in [1.54, 1.807) is 0 Å². The van der Waals surface area contributed by atoms with Crippen molar-refractivity contribution >= 4 is 5.91 Å². The molecule has 1 aliphatic heterocycles. The molecule has 1 aliphatic rings. The molecule has 20 heavy (non-hydrogen) atoms. The third-order valence-electron chi connectivity index (χ3n) is 3.59. The van der Waals surface area contributed by atoms with Gasteiger partial charge in [0, 0.05) is 25.6 Å². The van der Waals surface area contributed by atoms with Gasteiger partial charge >= 0.3 is 0 Å². The summed E-state index contributed by atoms with van der Waals surface area (Å²) in [5.41, 5.74) is 0. The highest BCUT2D eigenvalue weighted by Gasteiger charge is 2.24. The topological polar surface area (TPSA) is 73.9 Å². The average Bonchev–Trinajstić information content (AvgIpc) is 3.09. The standard InChI is InChI=1S/C14H25N5O/c1-3-6-12-16-13(18-17-12)14(20)19(9-4-2)10-11-7-5-8-15-11/h11,15H,3-10H2,1-2H3,(H,16,17,18). The van der Waals surface area contributed by atoms with Gasteiger partial charge in [-0.05, 0) is 32.2 Å². The van der Waals surface area contributed by atoms with Crippen LogP contribution >= 0.6 is 0 Å². The van der Waals surface area contributed by atoms with Crippen molar-refractivity contribution < 1.29 is 4.79 Å². The summed E-state index contributed by atoms with van der Waals surface area (Å²) >= 11 is 0. The third kappa shape index (κ3) is 3.79. The highest BCUT2D eigenvalue weighted by Crippen LogP contribution is 2.10. The van der Waals surface area contributed by atoms with Gasteiger partial charge in [-0.1, -0.05) is 13.8 Å². The molecule has 0 saturated carbocycles. The van der Waals surface area contributed by atoms with E-state index in [0.29, 0.717) is 11.9 Å². The summed E-state index contributed by atoms with van der Waals surface area (Å²) in [6.45, 7) is 6.74. The molecule has 0 radical (unpaired) electrons. The van der Waals surface area contributed by atoms with Crippen molar-refractivity contribution in [1.82, 2.24) is 25.4 Å². The van der Waals surface area contributed by atoms with E-state index in [9.17, 15) is 4.79 Å². The van der Waals surface area contributed by atoms with Crippen LogP contribution in [-0.4, -0.2) is 51.7 Å². The lowest BCUT2D eigenvalue weighted by molar-refractivity contribution is 0.0730. The third-order valence-corrected chi connectivity index (χ3v) is 3.59. The van der Waals surface area contributed by atoms with Crippen LogP contribution < -0.4 is 5.32 Å². The van der Waals surface area contributed by atoms with Crippen molar-refractivity contribution in [3.63, 3.8) is 0 Å². The molecule has 2 N–H and O–H groups in total. The van der Waals surface area contributed by atoms with E-state index >= 15 is 0 Å². The van der Waals surface area contributed by atoms with Gasteiger partial charge in [0.1, 0.15) is 5.82 Å². The van der Waals surface area contributed by atoms with E-state index in [1.165, 1.54) is 6.42 Å². The van der Waals surface area contributed by atoms with Gasteiger partial charge in [-0.2, -0.15) is 0 Å². The van der Waals surface area contributed by atoms with Gasteiger partial charge in [0.25, 0.3) is 5.91 Å². The van der Waals surface area contributed by atoms with Gasteiger partial charge in [0.2, 0.25) is 5.82 Å². The van der Waals surface area contributed by atoms with Crippen molar-refractivity contribution in [3.05, 3.63) is 11.6 Å². The molecule has 112 valence electrons. The second-order valence-corrected chi connectivity index (χ2v) is 5.40. The van der Waals surface area contributed by atoms with Gasteiger partial charge in [0.15, 0.2) is 0 Å². The van der Waals surface area contributed by atoms with Crippen LogP contribution in [0.1, 0.15) is 56.0 Å². The highest BCUT2D eigenvalue weighted by atomic mass is 16.2. The van der Waals surface area contributed by atoms with Gasteiger partial charge in [-0.15, -0.1) is 5.10 Å². The fourth-order valence-electron chi connectivity index (χ4n) is 2.61. The molecule has 0 aromatic carbocycles. The summed E-state index contributed by atoms with van der Waals surface area (Å²) in [5, 5.41) is 10.4. The van der Waals surface area contributed by atoms with Crippen molar-refractivity contribution in [2.75, 3.05) is 19.6 Å². The number of aromatic amines is 1. The minimum absolute atomic E-state index is 0.0563. The monoisotopic (exact) mass is 279 g/mol. The molecule has 6 heteroatoms. The Balaban J connectivity index is 2.00. The average molecular weight is 279 g/mol. The Kier molecular flexibility index (Phi) is 5.52. The molecule has 1 atom stereocenters. The maximum Gasteiger partial charge on any atom is 0.293 e. The number of H-pyrrole nitrogens is 1. The Morgan fingerprint density at radius 2 is 2.25 bits per heavy atom. The number of aromatic nitrogens is 3. The van der Waals surface area contributed by atoms with Crippen LogP contribution in [0.25, 0.3) is 0 Å². The van der Waals surface area contributed by atoms with Gasteiger partial charge < -0.3 is 10.2 Å². The van der Waals surface area contributed by atoms with Crippen molar-refractivity contribution in [2.45, 2.75) is 52.0 Å². The van der Waals surface area contributed by atoms with Gasteiger partial charge in [-0.25, -0.2) is 4.98 Å². The van der Waals surface area contributed by atoms with Crippen LogP contribution in [0.2, 0.25) is 0 Å². The lowest BCUT2D eigenvalue weighted by atomic mass is 10.2. The number of aryl methyl sites for hydroxylation is 1. The van der Waals surface area contributed by atoms with Gasteiger partial charge in [-0.3, -0.25) is 9.89 Å². The molecule has 1 fully saturated rings. The molecule has 0 spiro atoms. The molecule has 1 aromatic rings. The number of amides is 1. The molecule has 1 saturated heterocycles. The molecule has 0 aliphatic carbocycles. The summed E-state index contributed by atoms with van der Waals surface area (Å²) in [4.78, 5) is 18.7. The number of rotatable bonds is 7. The Morgan fingerprint density at radius 1 is 1.40 bits per heavy atom. The maximum absolute atomic E-state index is 12.5. The number of carbonyl (C=O) groups excluding carboxylic acids is 1. The second-order valence-electron chi connectivity index (χ2n) is 5.40. The summed E-state index contributed by atoms with van der Waals surface area (Å²) in [7, 11) is 0. The first-order valence-electron chi connectivity index (χ1n) is 7.68. The Morgan fingerprint density at radius 3 is 2.90 bits per heavy atom. The number of nitrogens with one attached hydrogen (secondary N) is 2. The first-order valence-corrected chi connectivity index (χ1v) is 7.68. The SMILES string of the molecule is CCCc1nc(C(=O)N(CCC)CC2CCCN2)n[nH]1. The fraction of sp³-hybridized carbons (Fsp3) is 0.786. The lowest BCUT2D eigenvalue weighted by Crippen LogP contribution is -2.41. The van der Waals surface area contributed by atoms with E-state index in [-0.39, 0.29) is 5.91 Å². The molecule has 0 bridgehead atoms. The smallest absolute Gasteiger partial charge is 0.293 e. The first-order chi connectivity index (χ1) is 9.74. The molecule has 6 nitrogen and oxygen atoms in total. The minimum atomic E-state index is -0.0563. The fourth-order valence-corrected chi connectivity index (χ4v) is 2.61. The normalized spacial score (nSPS) is 18.4. The number of hydrogen-bond acceptors (Lipinski definition) is 4. The first kappa shape index (κ1) is 15.0. The molecular formula is C14H25N5O. The molecular weight excluding hydrogens is 254 g/mol. The van der Waals surface area contributed by atoms with Gasteiger partial charge in [0.05, 0.1) is 0 Å². The van der Waals surface area contributed by atoms with E-state index in [2.05, 4.69) is 34.3 Å². The quantitative estimate of drug-likeness (QED) is 0.790. The van der Waals surface area contributed by atoms with E-state index in [0.717, 1.165) is 51.1 Å². The summed E-state index contributed by atoms with van der Waals surface area (Å²) in [5.74, 6) is 1.05. The van der Waals surface area contributed by atoms with Crippen LogP contribution in [0.3, 0.4) is 0 Å². The van der Waals surface area contributed by atoms with Crippen LogP contribution in [0, 0.1) is 0 Å². The van der Waals surface area contributed by atoms with E-state index in [4.69, 9.17) is 0 Å². The van der Waals surface area contributed by atoms with Crippen molar-refractivity contribution in [2.24, 2.45) is 0 Å². The van der Waals surface area contributed by atoms with Crippen molar-refractivity contribution in [1.29, 1.82) is 0 Å². The van der Waals surface area contributed by atoms with Crippen LogP contribution in [-0.2, 0) is 6.42 Å². The lowest BCUT2D eigenvalue weighted by Gasteiger charge is -2.24. The molecule has 2 rings (SSSR count). The van der Waals surface area contributed by atoms with E-state index in [1.807, 2.05) is 4.90 Å². The zero-order valence-electron chi connectivity index (χ0n) is 12.5. The largest absolute Gasteiger partial charge is 0.334 e. The zero-order valence-corrected chi connectivity index (χ0v) is 12.5. The molecule has 1 amide bonds. The van der Waals surface area contributed by atoms with Crippen LogP contribution in [0.4, 0.5) is 0 Å². The predicted octanol–water partition coefficient (Wildman–Crippen LogP) is 1.36. The Labute approximate surface area is 120 Å². The molecule has 2 heterocycles. The molecule has 1 aromatic heterocycles. The predicted molar refractivity (Wildman–Crippen MR) is 77.6 cm³/mol. The highest BCUT2D eigenvalue weighted by molar-refractivity contribution is 5.90. The zero-order chi connectivity index (χ0) is 14.4. The van der Waals surface area contributed by atoms with E-state index < -0.39 is 0 Å². The summed E-state index contributed by atoms with van der Waals surface area (Å²) in [6.07, 6.45) is 5.11. The Hall–Kier alpha value is -1.43. The summed E-state index contributed by atoms with van der Waals surface area (Å²) in [6, 6.07) is 0.416. The Bertz CT molecular complexity index is 425.